The van der Waals surface area contributed by atoms with Crippen LogP contribution in [-0.4, -0.2) is 7.05 Å². The second kappa shape index (κ2) is 5.28. The van der Waals surface area contributed by atoms with E-state index in [2.05, 4.69) is 57.6 Å². The summed E-state index contributed by atoms with van der Waals surface area (Å²) in [6, 6.07) is 9.19. The van der Waals surface area contributed by atoms with Crippen molar-refractivity contribution >= 4 is 33.9 Å². The molecule has 18 heavy (non-hydrogen) atoms. The van der Waals surface area contributed by atoms with Gasteiger partial charge in [0, 0.05) is 0 Å². The molecule has 94 valence electrons. The topological polar surface area (TPSA) is 21.3 Å². The van der Waals surface area contributed by atoms with Gasteiger partial charge in [-0.3, -0.25) is 0 Å². The highest BCUT2D eigenvalue weighted by Crippen LogP contribution is 2.30. The number of hydrogen-bond acceptors (Lipinski definition) is 3. The van der Waals surface area contributed by atoms with E-state index in [1.54, 1.807) is 11.3 Å². The summed E-state index contributed by atoms with van der Waals surface area (Å²) in [4.78, 5) is 0. The minimum atomic E-state index is 0.274. The quantitative estimate of drug-likeness (QED) is 0.831. The molecule has 0 saturated carbocycles. The van der Waals surface area contributed by atoms with Crippen LogP contribution in [0.5, 0.6) is 0 Å². The van der Waals surface area contributed by atoms with E-state index < -0.39 is 0 Å². The fourth-order valence-corrected chi connectivity index (χ4v) is 3.77. The molecule has 2 nitrogen and oxygen atoms in total. The summed E-state index contributed by atoms with van der Waals surface area (Å²) in [5.74, 6) is 0. The molecule has 1 aromatic carbocycles. The van der Waals surface area contributed by atoms with Gasteiger partial charge in [0.25, 0.3) is 0 Å². The first kappa shape index (κ1) is 12.6. The van der Waals surface area contributed by atoms with Gasteiger partial charge in [-0.2, -0.15) is 0 Å². The van der Waals surface area contributed by atoms with E-state index in [9.17, 15) is 0 Å². The van der Waals surface area contributed by atoms with Gasteiger partial charge >= 0.3 is 0 Å². The smallest absolute Gasteiger partial charge is 0.0725 e. The monoisotopic (exact) mass is 371 g/mol. The number of nitrogens with one attached hydrogen (secondary N) is 1. The van der Waals surface area contributed by atoms with E-state index in [0.29, 0.717) is 0 Å². The van der Waals surface area contributed by atoms with Crippen LogP contribution in [0.4, 0.5) is 0 Å². The summed E-state index contributed by atoms with van der Waals surface area (Å²) in [6.07, 6.45) is 0. The molecule has 0 saturated heterocycles. The molecule has 3 rings (SSSR count). The maximum atomic E-state index is 5.47. The molecule has 0 bridgehead atoms. The van der Waals surface area contributed by atoms with Crippen molar-refractivity contribution in [1.82, 2.24) is 5.32 Å². The van der Waals surface area contributed by atoms with E-state index in [4.69, 9.17) is 4.74 Å². The van der Waals surface area contributed by atoms with Crippen molar-refractivity contribution in [3.05, 3.63) is 54.8 Å². The summed E-state index contributed by atoms with van der Waals surface area (Å²) >= 11 is 4.16. The van der Waals surface area contributed by atoms with E-state index in [-0.39, 0.29) is 6.04 Å². The molecule has 1 aliphatic rings. The van der Waals surface area contributed by atoms with E-state index in [0.717, 1.165) is 13.2 Å². The second-order valence-corrected chi connectivity index (χ2v) is 7.23. The van der Waals surface area contributed by atoms with Gasteiger partial charge in [0.15, 0.2) is 0 Å². The lowest BCUT2D eigenvalue weighted by Gasteiger charge is -2.16. The molecule has 0 spiro atoms. The van der Waals surface area contributed by atoms with Crippen molar-refractivity contribution in [2.24, 2.45) is 0 Å². The Morgan fingerprint density at radius 1 is 1.22 bits per heavy atom. The summed E-state index contributed by atoms with van der Waals surface area (Å²) in [7, 11) is 2.01. The maximum Gasteiger partial charge on any atom is 0.0725 e. The van der Waals surface area contributed by atoms with Gasteiger partial charge in [0.1, 0.15) is 0 Å². The van der Waals surface area contributed by atoms with Crippen molar-refractivity contribution in [1.29, 1.82) is 0 Å². The van der Waals surface area contributed by atoms with Crippen LogP contribution in [0.25, 0.3) is 0 Å². The maximum absolute atomic E-state index is 5.47. The highest BCUT2D eigenvalue weighted by Gasteiger charge is 2.17. The first-order chi connectivity index (χ1) is 8.78. The minimum Gasteiger partial charge on any atom is -0.372 e. The first-order valence-corrected chi connectivity index (χ1v) is 7.84. The largest absolute Gasteiger partial charge is 0.372 e. The fraction of sp³-hybridized carbons (Fsp3) is 0.286. The first-order valence-electron chi connectivity index (χ1n) is 5.88. The molecular weight excluding hydrogens is 357 g/mol. The summed E-state index contributed by atoms with van der Waals surface area (Å²) < 4.78 is 6.80. The Bertz CT molecular complexity index is 567. The Morgan fingerprint density at radius 2 is 2.06 bits per heavy atom. The van der Waals surface area contributed by atoms with Crippen LogP contribution in [0.1, 0.15) is 28.3 Å². The van der Waals surface area contributed by atoms with Crippen LogP contribution in [-0.2, 0) is 18.0 Å². The lowest BCUT2D eigenvalue weighted by molar-refractivity contribution is 0.134. The number of ether oxygens (including phenoxy) is 1. The third-order valence-electron chi connectivity index (χ3n) is 3.29. The molecule has 0 aliphatic carbocycles. The van der Waals surface area contributed by atoms with Crippen molar-refractivity contribution in [2.45, 2.75) is 19.3 Å². The molecule has 0 amide bonds. The van der Waals surface area contributed by atoms with Crippen LogP contribution in [0.15, 0.2) is 29.6 Å². The molecule has 1 atom stereocenters. The van der Waals surface area contributed by atoms with Crippen LogP contribution in [0.2, 0.25) is 0 Å². The summed E-state index contributed by atoms with van der Waals surface area (Å²) in [6.45, 7) is 1.51. The van der Waals surface area contributed by atoms with Gasteiger partial charge in [0.05, 0.1) is 22.1 Å². The molecular formula is C14H14INOS. The third-order valence-corrected chi connectivity index (χ3v) is 5.10. The molecule has 1 N–H and O–H groups in total. The van der Waals surface area contributed by atoms with Gasteiger partial charge in [0.2, 0.25) is 0 Å². The predicted octanol–water partition coefficient (Wildman–Crippen LogP) is 3.69. The molecule has 1 aromatic heterocycles. The zero-order chi connectivity index (χ0) is 12.5. The molecule has 1 unspecified atom stereocenters. The average Bonchev–Trinajstić information content (AvgIpc) is 2.99. The molecule has 2 heterocycles. The average molecular weight is 371 g/mol. The summed E-state index contributed by atoms with van der Waals surface area (Å²) in [5, 5.41) is 5.63. The highest BCUT2D eigenvalue weighted by atomic mass is 127. The highest BCUT2D eigenvalue weighted by molar-refractivity contribution is 14.1. The standard InChI is InChI=1S/C14H14INOS/c1-16-14(12-5-13(15)18-8-12)9-2-3-10-6-17-7-11(10)4-9/h2-5,8,14,16H,6-7H2,1H3. The number of hydrogen-bond donors (Lipinski definition) is 1. The molecule has 2 aromatic rings. The SMILES string of the molecule is CNC(c1csc(I)c1)c1ccc2c(c1)COC2. The Balaban J connectivity index is 1.96. The summed E-state index contributed by atoms with van der Waals surface area (Å²) in [5.41, 5.74) is 5.31. The number of rotatable bonds is 3. The number of halogens is 1. The van der Waals surface area contributed by atoms with Crippen LogP contribution < -0.4 is 5.32 Å². The van der Waals surface area contributed by atoms with Gasteiger partial charge in [-0.25, -0.2) is 0 Å². The number of thiophene rings is 1. The van der Waals surface area contributed by atoms with Crippen molar-refractivity contribution < 1.29 is 4.74 Å². The Morgan fingerprint density at radius 3 is 2.78 bits per heavy atom. The van der Waals surface area contributed by atoms with Gasteiger partial charge < -0.3 is 10.1 Å². The van der Waals surface area contributed by atoms with Crippen LogP contribution in [0, 0.1) is 2.88 Å². The van der Waals surface area contributed by atoms with Crippen molar-refractivity contribution in [3.63, 3.8) is 0 Å². The normalized spacial score (nSPS) is 15.7. The van der Waals surface area contributed by atoms with Crippen LogP contribution in [0.3, 0.4) is 0 Å². The molecule has 0 fully saturated rings. The second-order valence-electron chi connectivity index (χ2n) is 4.43. The van der Waals surface area contributed by atoms with Crippen molar-refractivity contribution in [3.8, 4) is 0 Å². The Labute approximate surface area is 125 Å². The van der Waals surface area contributed by atoms with E-state index in [1.807, 2.05) is 7.05 Å². The van der Waals surface area contributed by atoms with Crippen LogP contribution >= 0.6 is 33.9 Å². The number of benzene rings is 1. The van der Waals surface area contributed by atoms with Gasteiger partial charge in [-0.15, -0.1) is 11.3 Å². The van der Waals surface area contributed by atoms with Crippen molar-refractivity contribution in [2.75, 3.05) is 7.05 Å². The van der Waals surface area contributed by atoms with E-state index >= 15 is 0 Å². The lowest BCUT2D eigenvalue weighted by Crippen LogP contribution is -2.17. The zero-order valence-corrected chi connectivity index (χ0v) is 13.0. The predicted molar refractivity (Wildman–Crippen MR) is 82.9 cm³/mol. The molecule has 1 aliphatic heterocycles. The Kier molecular flexibility index (Phi) is 3.70. The third kappa shape index (κ3) is 2.34. The minimum absolute atomic E-state index is 0.274. The lowest BCUT2D eigenvalue weighted by atomic mass is 9.97. The fourth-order valence-electron chi connectivity index (χ4n) is 2.37. The molecule has 0 radical (unpaired) electrons. The van der Waals surface area contributed by atoms with Gasteiger partial charge in [-0.05, 0) is 63.3 Å². The van der Waals surface area contributed by atoms with Gasteiger partial charge in [-0.1, -0.05) is 18.2 Å². The molecule has 4 heteroatoms. The number of fused-ring (bicyclic) bond motifs is 1. The van der Waals surface area contributed by atoms with E-state index in [1.165, 1.54) is 25.1 Å². The zero-order valence-electron chi connectivity index (χ0n) is 10.1. The Hall–Kier alpha value is -0.430.